The molecular formula is C24H30N2O3. The van der Waals surface area contributed by atoms with E-state index >= 15 is 0 Å². The molecule has 2 aromatic rings. The molecular weight excluding hydrogens is 364 g/mol. The molecule has 1 aliphatic rings. The number of nitrogens with zero attached hydrogens (tertiary/aromatic N) is 2. The van der Waals surface area contributed by atoms with E-state index in [1.165, 1.54) is 6.42 Å². The van der Waals surface area contributed by atoms with Gasteiger partial charge in [0, 0.05) is 31.2 Å². The third-order valence-electron chi connectivity index (χ3n) is 5.55. The molecule has 0 bridgehead atoms. The van der Waals surface area contributed by atoms with Crippen LogP contribution in [0.5, 0.6) is 5.75 Å². The van der Waals surface area contributed by atoms with Gasteiger partial charge in [-0.3, -0.25) is 9.59 Å². The zero-order valence-corrected chi connectivity index (χ0v) is 17.5. The van der Waals surface area contributed by atoms with Crippen LogP contribution >= 0.6 is 0 Å². The van der Waals surface area contributed by atoms with E-state index in [4.69, 9.17) is 4.74 Å². The van der Waals surface area contributed by atoms with E-state index < -0.39 is 0 Å². The molecule has 0 N–H and O–H groups in total. The normalized spacial score (nSPS) is 18.9. The van der Waals surface area contributed by atoms with Crippen LogP contribution in [-0.4, -0.2) is 47.4 Å². The monoisotopic (exact) mass is 394 g/mol. The summed E-state index contributed by atoms with van der Waals surface area (Å²) in [6.07, 6.45) is 3.26. The Hall–Kier alpha value is -2.82. The van der Waals surface area contributed by atoms with E-state index in [1.54, 1.807) is 36.2 Å². The molecule has 5 nitrogen and oxygen atoms in total. The minimum Gasteiger partial charge on any atom is -0.484 e. The number of carbonyl (C=O) groups is 2. The summed E-state index contributed by atoms with van der Waals surface area (Å²) in [5.41, 5.74) is 1.68. The molecule has 29 heavy (non-hydrogen) atoms. The number of carbonyl (C=O) groups excluding carboxylic acids is 2. The zero-order chi connectivity index (χ0) is 20.8. The molecule has 5 heteroatoms. The van der Waals surface area contributed by atoms with Crippen molar-refractivity contribution in [1.82, 2.24) is 9.80 Å². The number of piperidine rings is 1. The van der Waals surface area contributed by atoms with Crippen molar-refractivity contribution in [2.24, 2.45) is 0 Å². The SMILES string of the molecule is CC1CCCC(C)N1C(=O)COc1ccc(C(=O)N(C)Cc2ccccc2)cc1. The van der Waals surface area contributed by atoms with Crippen molar-refractivity contribution < 1.29 is 14.3 Å². The molecule has 0 spiro atoms. The Balaban J connectivity index is 1.54. The Labute approximate surface area is 173 Å². The standard InChI is InChI=1S/C24H30N2O3/c1-18-8-7-9-19(2)26(18)23(27)17-29-22-14-12-21(13-15-22)24(28)25(3)16-20-10-5-4-6-11-20/h4-6,10-15,18-19H,7-9,16-17H2,1-3H3. The molecule has 2 aromatic carbocycles. The van der Waals surface area contributed by atoms with E-state index in [9.17, 15) is 9.59 Å². The fourth-order valence-electron chi connectivity index (χ4n) is 3.98. The Morgan fingerprint density at radius 1 is 1.00 bits per heavy atom. The Morgan fingerprint density at radius 2 is 1.62 bits per heavy atom. The fourth-order valence-corrected chi connectivity index (χ4v) is 3.98. The average Bonchev–Trinajstić information content (AvgIpc) is 2.72. The lowest BCUT2D eigenvalue weighted by molar-refractivity contribution is -0.139. The highest BCUT2D eigenvalue weighted by Gasteiger charge is 2.29. The molecule has 0 saturated carbocycles. The summed E-state index contributed by atoms with van der Waals surface area (Å²) in [6.45, 7) is 4.77. The van der Waals surface area contributed by atoms with Gasteiger partial charge in [0.2, 0.25) is 0 Å². The van der Waals surface area contributed by atoms with Gasteiger partial charge in [0.05, 0.1) is 0 Å². The van der Waals surface area contributed by atoms with Crippen molar-refractivity contribution in [3.8, 4) is 5.75 Å². The van der Waals surface area contributed by atoms with Gasteiger partial charge in [-0.1, -0.05) is 30.3 Å². The quantitative estimate of drug-likeness (QED) is 0.740. The lowest BCUT2D eigenvalue weighted by Gasteiger charge is -2.38. The van der Waals surface area contributed by atoms with Crippen LogP contribution in [0.15, 0.2) is 54.6 Å². The van der Waals surface area contributed by atoms with E-state index in [-0.39, 0.29) is 30.5 Å². The van der Waals surface area contributed by atoms with Crippen LogP contribution in [0.25, 0.3) is 0 Å². The van der Waals surface area contributed by atoms with Crippen molar-refractivity contribution >= 4 is 11.8 Å². The highest BCUT2D eigenvalue weighted by Crippen LogP contribution is 2.23. The van der Waals surface area contributed by atoms with Gasteiger partial charge in [-0.25, -0.2) is 0 Å². The van der Waals surface area contributed by atoms with Crippen molar-refractivity contribution in [1.29, 1.82) is 0 Å². The predicted octanol–water partition coefficient (Wildman–Crippen LogP) is 4.13. The number of rotatable bonds is 6. The third kappa shape index (κ3) is 5.37. The summed E-state index contributed by atoms with van der Waals surface area (Å²) in [4.78, 5) is 28.8. The maximum Gasteiger partial charge on any atom is 0.260 e. The summed E-state index contributed by atoms with van der Waals surface area (Å²) in [7, 11) is 1.79. The summed E-state index contributed by atoms with van der Waals surface area (Å²) in [5.74, 6) is 0.567. The Bertz CT molecular complexity index is 810. The minimum atomic E-state index is -0.0487. The second-order valence-corrected chi connectivity index (χ2v) is 7.89. The molecule has 3 rings (SSSR count). The number of ether oxygens (including phenoxy) is 1. The fraction of sp³-hybridized carbons (Fsp3) is 0.417. The van der Waals surface area contributed by atoms with Crippen LogP contribution < -0.4 is 4.74 Å². The Kier molecular flexibility index (Phi) is 6.91. The van der Waals surface area contributed by atoms with E-state index in [1.807, 2.05) is 35.2 Å². The topological polar surface area (TPSA) is 49.9 Å². The molecule has 2 unspecified atom stereocenters. The van der Waals surface area contributed by atoms with Crippen molar-refractivity contribution in [2.45, 2.75) is 51.7 Å². The second kappa shape index (κ2) is 9.59. The summed E-state index contributed by atoms with van der Waals surface area (Å²) < 4.78 is 5.69. The van der Waals surface area contributed by atoms with Gasteiger partial charge in [0.25, 0.3) is 11.8 Å². The molecule has 1 saturated heterocycles. The molecule has 0 aliphatic carbocycles. The molecule has 2 amide bonds. The molecule has 2 atom stereocenters. The van der Waals surface area contributed by atoms with Gasteiger partial charge >= 0.3 is 0 Å². The lowest BCUT2D eigenvalue weighted by atomic mass is 9.97. The van der Waals surface area contributed by atoms with E-state index in [2.05, 4.69) is 13.8 Å². The maximum absolute atomic E-state index is 12.6. The van der Waals surface area contributed by atoms with E-state index in [0.717, 1.165) is 18.4 Å². The first kappa shape index (κ1) is 20.9. The van der Waals surface area contributed by atoms with Crippen LogP contribution in [0.1, 0.15) is 49.0 Å². The number of hydrogen-bond acceptors (Lipinski definition) is 3. The Morgan fingerprint density at radius 3 is 2.24 bits per heavy atom. The number of benzene rings is 2. The van der Waals surface area contributed by atoms with Crippen LogP contribution in [0.2, 0.25) is 0 Å². The smallest absolute Gasteiger partial charge is 0.260 e. The first-order chi connectivity index (χ1) is 14.0. The number of likely N-dealkylation sites (tertiary alicyclic amines) is 1. The van der Waals surface area contributed by atoms with Gasteiger partial charge < -0.3 is 14.5 Å². The molecule has 1 heterocycles. The van der Waals surface area contributed by atoms with Gasteiger partial charge in [-0.15, -0.1) is 0 Å². The van der Waals surface area contributed by atoms with Crippen molar-refractivity contribution in [3.05, 3.63) is 65.7 Å². The first-order valence-electron chi connectivity index (χ1n) is 10.3. The minimum absolute atomic E-state index is 0.0208. The van der Waals surface area contributed by atoms with Crippen LogP contribution in [0.3, 0.4) is 0 Å². The second-order valence-electron chi connectivity index (χ2n) is 7.89. The van der Waals surface area contributed by atoms with Gasteiger partial charge in [-0.2, -0.15) is 0 Å². The van der Waals surface area contributed by atoms with Gasteiger partial charge in [0.1, 0.15) is 5.75 Å². The highest BCUT2D eigenvalue weighted by atomic mass is 16.5. The maximum atomic E-state index is 12.6. The van der Waals surface area contributed by atoms with Gasteiger partial charge in [-0.05, 0) is 62.9 Å². The number of amides is 2. The zero-order valence-electron chi connectivity index (χ0n) is 17.5. The van der Waals surface area contributed by atoms with Crippen LogP contribution in [0.4, 0.5) is 0 Å². The number of hydrogen-bond donors (Lipinski definition) is 0. The molecule has 1 aliphatic heterocycles. The lowest BCUT2D eigenvalue weighted by Crippen LogP contribution is -2.49. The third-order valence-corrected chi connectivity index (χ3v) is 5.55. The largest absolute Gasteiger partial charge is 0.484 e. The average molecular weight is 395 g/mol. The van der Waals surface area contributed by atoms with Crippen LogP contribution in [-0.2, 0) is 11.3 Å². The molecule has 1 fully saturated rings. The molecule has 0 aromatic heterocycles. The molecule has 0 radical (unpaired) electrons. The van der Waals surface area contributed by atoms with Crippen molar-refractivity contribution in [2.75, 3.05) is 13.7 Å². The predicted molar refractivity (Wildman–Crippen MR) is 114 cm³/mol. The summed E-state index contributed by atoms with van der Waals surface area (Å²) >= 11 is 0. The first-order valence-corrected chi connectivity index (χ1v) is 10.3. The summed E-state index contributed by atoms with van der Waals surface area (Å²) in [5, 5.41) is 0. The van der Waals surface area contributed by atoms with Crippen molar-refractivity contribution in [3.63, 3.8) is 0 Å². The van der Waals surface area contributed by atoms with Crippen LogP contribution in [0, 0.1) is 0 Å². The van der Waals surface area contributed by atoms with E-state index in [0.29, 0.717) is 17.9 Å². The van der Waals surface area contributed by atoms with Gasteiger partial charge in [0.15, 0.2) is 6.61 Å². The summed E-state index contributed by atoms with van der Waals surface area (Å²) in [6, 6.07) is 17.4. The highest BCUT2D eigenvalue weighted by molar-refractivity contribution is 5.94. The molecule has 154 valence electrons.